The van der Waals surface area contributed by atoms with Gasteiger partial charge in [-0.1, -0.05) is 13.8 Å². The van der Waals surface area contributed by atoms with Crippen molar-refractivity contribution in [3.8, 4) is 22.6 Å². The van der Waals surface area contributed by atoms with Crippen molar-refractivity contribution in [2.75, 3.05) is 18.4 Å². The zero-order valence-corrected chi connectivity index (χ0v) is 23.0. The molecule has 0 unspecified atom stereocenters. The van der Waals surface area contributed by atoms with E-state index in [4.69, 9.17) is 10.1 Å². The Balaban J connectivity index is 1.34. The molecule has 2 amide bonds. The van der Waals surface area contributed by atoms with E-state index in [2.05, 4.69) is 19.9 Å². The lowest BCUT2D eigenvalue weighted by atomic mass is 10.0. The molecular weight excluding hydrogens is 542 g/mol. The number of rotatable bonds is 6. The molecule has 0 spiro atoms. The maximum Gasteiger partial charge on any atom is 0.257 e. The van der Waals surface area contributed by atoms with Gasteiger partial charge in [0.1, 0.15) is 11.5 Å². The minimum atomic E-state index is -0.755. The smallest absolute Gasteiger partial charge is 0.257 e. The van der Waals surface area contributed by atoms with Crippen LogP contribution < -0.4 is 5.32 Å². The summed E-state index contributed by atoms with van der Waals surface area (Å²) in [5.74, 6) is -1.29. The third-order valence-electron chi connectivity index (χ3n) is 7.37. The van der Waals surface area contributed by atoms with Crippen LogP contribution in [0, 0.1) is 17.7 Å². The van der Waals surface area contributed by atoms with Crippen molar-refractivity contribution in [1.82, 2.24) is 34.0 Å². The van der Waals surface area contributed by atoms with Gasteiger partial charge >= 0.3 is 0 Å². The van der Waals surface area contributed by atoms with Gasteiger partial charge in [0.2, 0.25) is 11.9 Å². The number of likely N-dealkylation sites (tertiary alicyclic amines) is 1. The van der Waals surface area contributed by atoms with Crippen molar-refractivity contribution in [3.05, 3.63) is 84.6 Å². The molecular formula is C30H28F2N8O2. The molecule has 1 aliphatic heterocycles. The fourth-order valence-corrected chi connectivity index (χ4v) is 5.24. The highest BCUT2D eigenvalue weighted by atomic mass is 19.1. The molecule has 10 nitrogen and oxygen atoms in total. The van der Waals surface area contributed by atoms with E-state index in [1.165, 1.54) is 24.4 Å². The lowest BCUT2D eigenvalue weighted by Gasteiger charge is -2.34. The van der Waals surface area contributed by atoms with E-state index >= 15 is 0 Å². The molecule has 1 aromatic carbocycles. The highest BCUT2D eigenvalue weighted by molar-refractivity contribution is 6.03. The second-order valence-electron chi connectivity index (χ2n) is 10.5. The number of hydrogen-bond donors (Lipinski definition) is 1. The minimum Gasteiger partial charge on any atom is -0.342 e. The maximum absolute atomic E-state index is 13.7. The first kappa shape index (κ1) is 27.2. The molecule has 0 radical (unpaired) electrons. The van der Waals surface area contributed by atoms with Crippen molar-refractivity contribution >= 4 is 23.3 Å². The Morgan fingerprint density at radius 2 is 1.76 bits per heavy atom. The SMILES string of the molecule is CC(C)C(=O)N1CCC(n2cnc(-c3ccc(F)cc3)c2-c2ccc3nc(NC(=O)c4ccnc(F)c4)cn3n2)CC1. The largest absolute Gasteiger partial charge is 0.342 e. The molecule has 42 heavy (non-hydrogen) atoms. The van der Waals surface area contributed by atoms with Crippen LogP contribution in [0.2, 0.25) is 0 Å². The lowest BCUT2D eigenvalue weighted by Crippen LogP contribution is -2.41. The number of imidazole rings is 2. The fraction of sp³-hybridized carbons (Fsp3) is 0.267. The second kappa shape index (κ2) is 11.1. The van der Waals surface area contributed by atoms with Crippen LogP contribution in [0.25, 0.3) is 28.3 Å². The molecule has 0 saturated carbocycles. The van der Waals surface area contributed by atoms with E-state index in [1.807, 2.05) is 24.8 Å². The molecule has 0 aliphatic carbocycles. The number of piperidine rings is 1. The Morgan fingerprint density at radius 1 is 1.00 bits per heavy atom. The number of pyridine rings is 1. The zero-order chi connectivity index (χ0) is 29.4. The van der Waals surface area contributed by atoms with Gasteiger partial charge in [0.15, 0.2) is 11.5 Å². The monoisotopic (exact) mass is 570 g/mol. The van der Waals surface area contributed by atoms with Gasteiger partial charge in [-0.3, -0.25) is 9.59 Å². The Kier molecular flexibility index (Phi) is 7.19. The first-order valence-electron chi connectivity index (χ1n) is 13.7. The average Bonchev–Trinajstić information content (AvgIpc) is 3.61. The summed E-state index contributed by atoms with van der Waals surface area (Å²) in [5, 5.41) is 7.46. The summed E-state index contributed by atoms with van der Waals surface area (Å²) < 4.78 is 30.9. The van der Waals surface area contributed by atoms with E-state index in [9.17, 15) is 18.4 Å². The number of anilines is 1. The Labute approximate surface area is 240 Å². The van der Waals surface area contributed by atoms with Crippen LogP contribution in [0.4, 0.5) is 14.6 Å². The molecule has 0 atom stereocenters. The van der Waals surface area contributed by atoms with Crippen LogP contribution >= 0.6 is 0 Å². The zero-order valence-electron chi connectivity index (χ0n) is 23.0. The highest BCUT2D eigenvalue weighted by Crippen LogP contribution is 2.35. The van der Waals surface area contributed by atoms with Crippen molar-refractivity contribution in [2.24, 2.45) is 5.92 Å². The van der Waals surface area contributed by atoms with Crippen LogP contribution in [0.3, 0.4) is 0 Å². The molecule has 214 valence electrons. The summed E-state index contributed by atoms with van der Waals surface area (Å²) in [4.78, 5) is 39.7. The van der Waals surface area contributed by atoms with Gasteiger partial charge < -0.3 is 14.8 Å². The van der Waals surface area contributed by atoms with Gasteiger partial charge in [-0.05, 0) is 55.3 Å². The molecule has 1 aliphatic rings. The predicted octanol–water partition coefficient (Wildman–Crippen LogP) is 5.00. The maximum atomic E-state index is 13.7. The summed E-state index contributed by atoms with van der Waals surface area (Å²) in [7, 11) is 0. The molecule has 4 aromatic heterocycles. The quantitative estimate of drug-likeness (QED) is 0.288. The molecule has 5 aromatic rings. The number of nitrogens with one attached hydrogen (secondary N) is 1. The fourth-order valence-electron chi connectivity index (χ4n) is 5.24. The number of fused-ring (bicyclic) bond motifs is 1. The van der Waals surface area contributed by atoms with E-state index < -0.39 is 11.9 Å². The van der Waals surface area contributed by atoms with Gasteiger partial charge in [-0.15, -0.1) is 0 Å². The van der Waals surface area contributed by atoms with Crippen LogP contribution in [0.15, 0.2) is 67.3 Å². The summed E-state index contributed by atoms with van der Waals surface area (Å²) in [5.41, 5.74) is 3.35. The first-order chi connectivity index (χ1) is 20.3. The van der Waals surface area contributed by atoms with Gasteiger partial charge in [-0.25, -0.2) is 23.9 Å². The number of amides is 2. The molecule has 1 N–H and O–H groups in total. The molecule has 1 saturated heterocycles. The van der Waals surface area contributed by atoms with Crippen LogP contribution in [-0.2, 0) is 4.79 Å². The van der Waals surface area contributed by atoms with E-state index in [-0.39, 0.29) is 35.1 Å². The number of hydrogen-bond acceptors (Lipinski definition) is 6. The van der Waals surface area contributed by atoms with Crippen LogP contribution in [0.1, 0.15) is 43.1 Å². The van der Waals surface area contributed by atoms with Gasteiger partial charge in [-0.2, -0.15) is 9.49 Å². The van der Waals surface area contributed by atoms with Gasteiger partial charge in [0.25, 0.3) is 5.91 Å². The van der Waals surface area contributed by atoms with E-state index in [0.29, 0.717) is 30.1 Å². The predicted molar refractivity (Wildman–Crippen MR) is 151 cm³/mol. The topological polar surface area (TPSA) is 110 Å². The van der Waals surface area contributed by atoms with Crippen LogP contribution in [0.5, 0.6) is 0 Å². The molecule has 1 fully saturated rings. The highest BCUT2D eigenvalue weighted by Gasteiger charge is 2.28. The molecule has 12 heteroatoms. The Hall–Kier alpha value is -5.00. The molecule has 0 bridgehead atoms. The van der Waals surface area contributed by atoms with Gasteiger partial charge in [0, 0.05) is 48.4 Å². The third-order valence-corrected chi connectivity index (χ3v) is 7.37. The number of halogens is 2. The standard InChI is InChI=1S/C30H28F2N8O2/c1-18(2)30(42)38-13-10-22(11-14-38)39-17-34-27(19-3-5-21(31)6-4-19)28(39)23-7-8-26-35-25(16-40(26)37-23)36-29(41)20-9-12-33-24(32)15-20/h3-9,12,15-18,22H,10-11,13-14H2,1-2H3,(H,36,41). The molecule has 5 heterocycles. The minimum absolute atomic E-state index is 0.0536. The van der Waals surface area contributed by atoms with Gasteiger partial charge in [0.05, 0.1) is 23.9 Å². The molecule has 6 rings (SSSR count). The number of aromatic nitrogens is 6. The summed E-state index contributed by atoms with van der Waals surface area (Å²) in [6.07, 6.45) is 6.07. The summed E-state index contributed by atoms with van der Waals surface area (Å²) in [6, 6.07) is 12.3. The number of nitrogens with zero attached hydrogens (tertiary/aromatic N) is 7. The van der Waals surface area contributed by atoms with Crippen LogP contribution in [-0.4, -0.2) is 58.9 Å². The van der Waals surface area contributed by atoms with Crippen molar-refractivity contribution in [3.63, 3.8) is 0 Å². The number of carbonyl (C=O) groups is 2. The second-order valence-corrected chi connectivity index (χ2v) is 10.5. The third kappa shape index (κ3) is 5.35. The van der Waals surface area contributed by atoms with E-state index in [1.54, 1.807) is 35.2 Å². The van der Waals surface area contributed by atoms with Crippen molar-refractivity contribution in [1.29, 1.82) is 0 Å². The summed E-state index contributed by atoms with van der Waals surface area (Å²) in [6.45, 7) is 5.10. The van der Waals surface area contributed by atoms with Crippen molar-refractivity contribution < 1.29 is 18.4 Å². The van der Waals surface area contributed by atoms with E-state index in [0.717, 1.165) is 30.2 Å². The average molecular weight is 571 g/mol. The van der Waals surface area contributed by atoms with Crippen molar-refractivity contribution in [2.45, 2.75) is 32.7 Å². The summed E-state index contributed by atoms with van der Waals surface area (Å²) >= 11 is 0. The lowest BCUT2D eigenvalue weighted by molar-refractivity contribution is -0.135. The first-order valence-corrected chi connectivity index (χ1v) is 13.7. The Bertz CT molecular complexity index is 1770. The Morgan fingerprint density at radius 3 is 2.48 bits per heavy atom. The number of benzene rings is 1. The normalized spacial score (nSPS) is 14.1. The number of carbonyl (C=O) groups excluding carboxylic acids is 2.